The Bertz CT molecular complexity index is 408. The van der Waals surface area contributed by atoms with Crippen molar-refractivity contribution in [3.05, 3.63) is 29.6 Å². The standard InChI is InChI=1S/C12H12FNO2/c13-11-7-9(8-14)1-2-12(11)16-10-3-5-15-6-4-10/h1-2,7,10H,3-6H2. The van der Waals surface area contributed by atoms with Gasteiger partial charge in [0.05, 0.1) is 24.8 Å². The number of hydrogen-bond acceptors (Lipinski definition) is 3. The summed E-state index contributed by atoms with van der Waals surface area (Å²) in [5.74, 6) is -0.267. The fourth-order valence-electron chi connectivity index (χ4n) is 1.64. The van der Waals surface area contributed by atoms with Crippen LogP contribution in [0.25, 0.3) is 0 Å². The van der Waals surface area contributed by atoms with Crippen LogP contribution in [0.1, 0.15) is 18.4 Å². The second kappa shape index (κ2) is 4.95. The van der Waals surface area contributed by atoms with Crippen molar-refractivity contribution < 1.29 is 13.9 Å². The molecule has 0 N–H and O–H groups in total. The Labute approximate surface area is 93.4 Å². The highest BCUT2D eigenvalue weighted by Crippen LogP contribution is 2.22. The third-order valence-electron chi connectivity index (χ3n) is 2.52. The molecular formula is C12H12FNO2. The third-order valence-corrected chi connectivity index (χ3v) is 2.52. The van der Waals surface area contributed by atoms with Crippen LogP contribution in [0, 0.1) is 17.1 Å². The van der Waals surface area contributed by atoms with Gasteiger partial charge in [-0.1, -0.05) is 0 Å². The molecule has 0 unspecified atom stereocenters. The highest BCUT2D eigenvalue weighted by atomic mass is 19.1. The van der Waals surface area contributed by atoms with Crippen LogP contribution in [-0.2, 0) is 4.74 Å². The molecule has 0 amide bonds. The van der Waals surface area contributed by atoms with E-state index in [1.54, 1.807) is 6.07 Å². The Morgan fingerprint density at radius 3 is 2.75 bits per heavy atom. The van der Waals surface area contributed by atoms with Crippen LogP contribution in [-0.4, -0.2) is 19.3 Å². The van der Waals surface area contributed by atoms with Gasteiger partial charge < -0.3 is 9.47 Å². The summed E-state index contributed by atoms with van der Waals surface area (Å²) in [5, 5.41) is 8.60. The Morgan fingerprint density at radius 2 is 2.12 bits per heavy atom. The summed E-state index contributed by atoms with van der Waals surface area (Å²) >= 11 is 0. The fraction of sp³-hybridized carbons (Fsp3) is 0.417. The van der Waals surface area contributed by atoms with E-state index < -0.39 is 5.82 Å². The molecule has 1 saturated heterocycles. The maximum absolute atomic E-state index is 13.5. The van der Waals surface area contributed by atoms with E-state index in [0.717, 1.165) is 12.8 Å². The molecule has 84 valence electrons. The zero-order valence-electron chi connectivity index (χ0n) is 8.78. The highest BCUT2D eigenvalue weighted by molar-refractivity contribution is 5.36. The van der Waals surface area contributed by atoms with Crippen LogP contribution in [0.4, 0.5) is 4.39 Å². The molecule has 1 aliphatic rings. The van der Waals surface area contributed by atoms with Crippen molar-refractivity contribution in [3.63, 3.8) is 0 Å². The highest BCUT2D eigenvalue weighted by Gasteiger charge is 2.17. The molecule has 1 heterocycles. The van der Waals surface area contributed by atoms with Gasteiger partial charge >= 0.3 is 0 Å². The first-order valence-corrected chi connectivity index (χ1v) is 5.23. The lowest BCUT2D eigenvalue weighted by Gasteiger charge is -2.23. The lowest BCUT2D eigenvalue weighted by Crippen LogP contribution is -2.26. The average molecular weight is 221 g/mol. The van der Waals surface area contributed by atoms with Crippen LogP contribution < -0.4 is 4.74 Å². The predicted octanol–water partition coefficient (Wildman–Crippen LogP) is 2.26. The fourth-order valence-corrected chi connectivity index (χ4v) is 1.64. The topological polar surface area (TPSA) is 42.2 Å². The van der Waals surface area contributed by atoms with Crippen molar-refractivity contribution in [2.24, 2.45) is 0 Å². The number of rotatable bonds is 2. The van der Waals surface area contributed by atoms with Gasteiger partial charge in [-0.15, -0.1) is 0 Å². The van der Waals surface area contributed by atoms with E-state index in [-0.39, 0.29) is 11.9 Å². The van der Waals surface area contributed by atoms with Crippen molar-refractivity contribution >= 4 is 0 Å². The molecular weight excluding hydrogens is 209 g/mol. The van der Waals surface area contributed by atoms with Crippen molar-refractivity contribution in [1.82, 2.24) is 0 Å². The molecule has 0 aromatic heterocycles. The van der Waals surface area contributed by atoms with Gasteiger partial charge in [0.15, 0.2) is 11.6 Å². The Hall–Kier alpha value is -1.60. The van der Waals surface area contributed by atoms with E-state index in [2.05, 4.69) is 0 Å². The molecule has 3 nitrogen and oxygen atoms in total. The zero-order chi connectivity index (χ0) is 11.4. The van der Waals surface area contributed by atoms with Gasteiger partial charge in [0.25, 0.3) is 0 Å². The van der Waals surface area contributed by atoms with Crippen LogP contribution in [0.5, 0.6) is 5.75 Å². The van der Waals surface area contributed by atoms with Gasteiger partial charge in [-0.3, -0.25) is 0 Å². The first-order chi connectivity index (χ1) is 7.79. The van der Waals surface area contributed by atoms with Crippen LogP contribution in [0.2, 0.25) is 0 Å². The van der Waals surface area contributed by atoms with E-state index in [0.29, 0.717) is 18.8 Å². The summed E-state index contributed by atoms with van der Waals surface area (Å²) in [5.41, 5.74) is 0.303. The largest absolute Gasteiger partial charge is 0.487 e. The van der Waals surface area contributed by atoms with Gasteiger partial charge in [0.1, 0.15) is 6.10 Å². The molecule has 0 saturated carbocycles. The van der Waals surface area contributed by atoms with Crippen molar-refractivity contribution in [1.29, 1.82) is 5.26 Å². The number of hydrogen-bond donors (Lipinski definition) is 0. The SMILES string of the molecule is N#Cc1ccc(OC2CCOCC2)c(F)c1. The van der Waals surface area contributed by atoms with Gasteiger partial charge in [-0.25, -0.2) is 4.39 Å². The minimum absolute atomic E-state index is 0.0104. The quantitative estimate of drug-likeness (QED) is 0.769. The molecule has 16 heavy (non-hydrogen) atoms. The second-order valence-corrected chi connectivity index (χ2v) is 3.69. The number of benzene rings is 1. The van der Waals surface area contributed by atoms with E-state index in [4.69, 9.17) is 14.7 Å². The number of nitriles is 1. The smallest absolute Gasteiger partial charge is 0.166 e. The number of halogens is 1. The second-order valence-electron chi connectivity index (χ2n) is 3.69. The first kappa shape index (κ1) is 10.9. The van der Waals surface area contributed by atoms with Gasteiger partial charge in [0.2, 0.25) is 0 Å². The molecule has 0 aliphatic carbocycles. The molecule has 0 atom stereocenters. The summed E-state index contributed by atoms with van der Waals surface area (Å²) in [4.78, 5) is 0. The minimum atomic E-state index is -0.481. The van der Waals surface area contributed by atoms with Crippen molar-refractivity contribution in [2.45, 2.75) is 18.9 Å². The van der Waals surface area contributed by atoms with E-state index in [1.165, 1.54) is 12.1 Å². The molecule has 2 rings (SSSR count). The lowest BCUT2D eigenvalue weighted by atomic mass is 10.1. The van der Waals surface area contributed by atoms with Crippen LogP contribution in [0.15, 0.2) is 18.2 Å². The summed E-state index contributed by atoms with van der Waals surface area (Å²) in [6.45, 7) is 1.31. The molecule has 1 aromatic carbocycles. The van der Waals surface area contributed by atoms with Crippen LogP contribution in [0.3, 0.4) is 0 Å². The van der Waals surface area contributed by atoms with Gasteiger partial charge in [-0.2, -0.15) is 5.26 Å². The van der Waals surface area contributed by atoms with Crippen LogP contribution >= 0.6 is 0 Å². The summed E-state index contributed by atoms with van der Waals surface area (Å²) in [6.07, 6.45) is 1.56. The predicted molar refractivity (Wildman–Crippen MR) is 55.6 cm³/mol. The molecule has 0 spiro atoms. The zero-order valence-corrected chi connectivity index (χ0v) is 8.78. The van der Waals surface area contributed by atoms with E-state index >= 15 is 0 Å². The van der Waals surface area contributed by atoms with Gasteiger partial charge in [-0.05, 0) is 18.2 Å². The van der Waals surface area contributed by atoms with Gasteiger partial charge in [0, 0.05) is 12.8 Å². The lowest BCUT2D eigenvalue weighted by molar-refractivity contribution is 0.0240. The Balaban J connectivity index is 2.06. The molecule has 1 aliphatic heterocycles. The van der Waals surface area contributed by atoms with Crippen molar-refractivity contribution in [2.75, 3.05) is 13.2 Å². The molecule has 0 bridgehead atoms. The van der Waals surface area contributed by atoms with Crippen molar-refractivity contribution in [3.8, 4) is 11.8 Å². The maximum Gasteiger partial charge on any atom is 0.166 e. The molecule has 0 radical (unpaired) electrons. The van der Waals surface area contributed by atoms with E-state index in [1.807, 2.05) is 6.07 Å². The maximum atomic E-state index is 13.5. The minimum Gasteiger partial charge on any atom is -0.487 e. The number of nitrogens with zero attached hydrogens (tertiary/aromatic N) is 1. The Morgan fingerprint density at radius 1 is 1.38 bits per heavy atom. The molecule has 4 heteroatoms. The monoisotopic (exact) mass is 221 g/mol. The first-order valence-electron chi connectivity index (χ1n) is 5.23. The number of ether oxygens (including phenoxy) is 2. The summed E-state index contributed by atoms with van der Waals surface area (Å²) < 4.78 is 24.2. The third kappa shape index (κ3) is 2.50. The summed E-state index contributed by atoms with van der Waals surface area (Å²) in [6, 6.07) is 6.13. The molecule has 1 fully saturated rings. The molecule has 1 aromatic rings. The van der Waals surface area contributed by atoms with E-state index in [9.17, 15) is 4.39 Å². The Kier molecular flexibility index (Phi) is 3.37. The normalized spacial score (nSPS) is 16.8. The summed E-state index contributed by atoms with van der Waals surface area (Å²) in [7, 11) is 0. The average Bonchev–Trinajstić information content (AvgIpc) is 2.33.